The minimum atomic E-state index is -0.0437. The third kappa shape index (κ3) is 3.44. The van der Waals surface area contributed by atoms with Gasteiger partial charge in [-0.2, -0.15) is 5.10 Å². The summed E-state index contributed by atoms with van der Waals surface area (Å²) in [5, 5.41) is 7.01. The average Bonchev–Trinajstić information content (AvgIpc) is 2.78. The molecule has 1 N–H and O–H groups in total. The van der Waals surface area contributed by atoms with Crippen LogP contribution < -0.4 is 5.32 Å². The minimum absolute atomic E-state index is 0.0437. The molecule has 100 valence electrons. The van der Waals surface area contributed by atoms with Crippen molar-refractivity contribution in [2.75, 3.05) is 6.54 Å². The van der Waals surface area contributed by atoms with Gasteiger partial charge in [0.25, 0.3) is 5.91 Å². The quantitative estimate of drug-likeness (QED) is 0.940. The monoisotopic (exact) mass is 321 g/mol. The first kappa shape index (κ1) is 13.8. The van der Waals surface area contributed by atoms with Crippen molar-refractivity contribution in [1.29, 1.82) is 0 Å². The number of carbonyl (C=O) groups is 1. The van der Waals surface area contributed by atoms with Crippen molar-refractivity contribution in [2.24, 2.45) is 7.05 Å². The zero-order chi connectivity index (χ0) is 13.8. The fraction of sp³-hybridized carbons (Fsp3) is 0.286. The number of hydrogen-bond donors (Lipinski definition) is 1. The van der Waals surface area contributed by atoms with Crippen molar-refractivity contribution in [2.45, 2.75) is 13.3 Å². The second kappa shape index (κ2) is 6.02. The molecule has 0 bridgehead atoms. The number of rotatable bonds is 4. The number of benzene rings is 1. The maximum atomic E-state index is 12.0. The standard InChI is InChI=1S/C14H16BrN3O/c1-10-9-11(3-4-13(10)15)14(19)16-7-5-12-6-8-17-18(12)2/h3-4,6,8-9H,5,7H2,1-2H3,(H,16,19). The maximum absolute atomic E-state index is 12.0. The van der Waals surface area contributed by atoms with Gasteiger partial charge in [-0.3, -0.25) is 9.48 Å². The topological polar surface area (TPSA) is 46.9 Å². The third-order valence-corrected chi connectivity index (χ3v) is 3.90. The second-order valence-electron chi connectivity index (χ2n) is 4.42. The maximum Gasteiger partial charge on any atom is 0.251 e. The molecular weight excluding hydrogens is 306 g/mol. The lowest BCUT2D eigenvalue weighted by Gasteiger charge is -2.07. The summed E-state index contributed by atoms with van der Waals surface area (Å²) in [5.74, 6) is -0.0437. The molecule has 0 aliphatic rings. The molecule has 4 nitrogen and oxygen atoms in total. The molecule has 0 aliphatic heterocycles. The first-order chi connectivity index (χ1) is 9.08. The van der Waals surface area contributed by atoms with Gasteiger partial charge in [-0.15, -0.1) is 0 Å². The molecule has 0 unspecified atom stereocenters. The Bertz CT molecular complexity index is 592. The number of amides is 1. The van der Waals surface area contributed by atoms with E-state index in [9.17, 15) is 4.79 Å². The highest BCUT2D eigenvalue weighted by Gasteiger charge is 2.07. The lowest BCUT2D eigenvalue weighted by atomic mass is 10.1. The third-order valence-electron chi connectivity index (χ3n) is 3.01. The molecule has 0 saturated heterocycles. The highest BCUT2D eigenvalue weighted by atomic mass is 79.9. The Morgan fingerprint density at radius 3 is 2.84 bits per heavy atom. The van der Waals surface area contributed by atoms with Gasteiger partial charge < -0.3 is 5.32 Å². The van der Waals surface area contributed by atoms with Crippen LogP contribution in [0.3, 0.4) is 0 Å². The van der Waals surface area contributed by atoms with Crippen LogP contribution >= 0.6 is 15.9 Å². The first-order valence-corrected chi connectivity index (χ1v) is 6.88. The van der Waals surface area contributed by atoms with Crippen molar-refractivity contribution >= 4 is 21.8 Å². The van der Waals surface area contributed by atoms with Gasteiger partial charge in [-0.25, -0.2) is 0 Å². The van der Waals surface area contributed by atoms with Crippen LogP contribution in [0.25, 0.3) is 0 Å². The first-order valence-electron chi connectivity index (χ1n) is 6.09. The predicted octanol–water partition coefficient (Wildman–Crippen LogP) is 2.46. The van der Waals surface area contributed by atoms with Crippen LogP contribution in [0.5, 0.6) is 0 Å². The van der Waals surface area contributed by atoms with Crippen molar-refractivity contribution in [3.8, 4) is 0 Å². The number of nitrogens with one attached hydrogen (secondary N) is 1. The van der Waals surface area contributed by atoms with Crippen molar-refractivity contribution in [3.63, 3.8) is 0 Å². The number of aromatic nitrogens is 2. The van der Waals surface area contributed by atoms with E-state index in [4.69, 9.17) is 0 Å². The number of hydrogen-bond acceptors (Lipinski definition) is 2. The SMILES string of the molecule is Cc1cc(C(=O)NCCc2ccnn2C)ccc1Br. The zero-order valence-electron chi connectivity index (χ0n) is 11.0. The Morgan fingerprint density at radius 1 is 1.42 bits per heavy atom. The van der Waals surface area contributed by atoms with Crippen LogP contribution in [0.4, 0.5) is 0 Å². The number of aryl methyl sites for hydroxylation is 2. The molecule has 0 fully saturated rings. The zero-order valence-corrected chi connectivity index (χ0v) is 12.6. The summed E-state index contributed by atoms with van der Waals surface area (Å²) in [6.07, 6.45) is 2.53. The molecule has 0 saturated carbocycles. The summed E-state index contributed by atoms with van der Waals surface area (Å²) in [4.78, 5) is 12.0. The van der Waals surface area contributed by atoms with Crippen molar-refractivity contribution in [3.05, 3.63) is 51.8 Å². The lowest BCUT2D eigenvalue weighted by Crippen LogP contribution is -2.26. The van der Waals surface area contributed by atoms with E-state index in [0.717, 1.165) is 22.2 Å². The van der Waals surface area contributed by atoms with Crippen LogP contribution in [-0.2, 0) is 13.5 Å². The van der Waals surface area contributed by atoms with E-state index in [-0.39, 0.29) is 5.91 Å². The van der Waals surface area contributed by atoms with Gasteiger partial charge in [0.15, 0.2) is 0 Å². The smallest absolute Gasteiger partial charge is 0.251 e. The normalized spacial score (nSPS) is 10.5. The number of halogens is 1. The van der Waals surface area contributed by atoms with Crippen molar-refractivity contribution < 1.29 is 4.79 Å². The van der Waals surface area contributed by atoms with Crippen LogP contribution in [0, 0.1) is 6.92 Å². The molecule has 0 radical (unpaired) electrons. The van der Waals surface area contributed by atoms with Gasteiger partial charge in [0.2, 0.25) is 0 Å². The largest absolute Gasteiger partial charge is 0.352 e. The summed E-state index contributed by atoms with van der Waals surface area (Å²) in [6.45, 7) is 2.57. The van der Waals surface area contributed by atoms with Gasteiger partial charge >= 0.3 is 0 Å². The van der Waals surface area contributed by atoms with E-state index in [1.807, 2.05) is 42.9 Å². The molecule has 0 atom stereocenters. The summed E-state index contributed by atoms with van der Waals surface area (Å²) in [5.41, 5.74) is 2.84. The van der Waals surface area contributed by atoms with Gasteiger partial charge in [-0.1, -0.05) is 15.9 Å². The Kier molecular flexibility index (Phi) is 4.37. The van der Waals surface area contributed by atoms with Crippen LogP contribution in [0.1, 0.15) is 21.6 Å². The molecule has 0 spiro atoms. The van der Waals surface area contributed by atoms with Gasteiger partial charge in [0.1, 0.15) is 0 Å². The molecule has 1 amide bonds. The molecule has 1 heterocycles. The van der Waals surface area contributed by atoms with E-state index < -0.39 is 0 Å². The molecule has 1 aromatic carbocycles. The van der Waals surface area contributed by atoms with Crippen LogP contribution in [0.2, 0.25) is 0 Å². The fourth-order valence-electron chi connectivity index (χ4n) is 1.84. The van der Waals surface area contributed by atoms with E-state index in [2.05, 4.69) is 26.3 Å². The van der Waals surface area contributed by atoms with E-state index in [1.54, 1.807) is 6.20 Å². The molecule has 2 rings (SSSR count). The lowest BCUT2D eigenvalue weighted by molar-refractivity contribution is 0.0954. The summed E-state index contributed by atoms with van der Waals surface area (Å²) in [6, 6.07) is 7.54. The Hall–Kier alpha value is -1.62. The van der Waals surface area contributed by atoms with Gasteiger partial charge in [-0.05, 0) is 36.8 Å². The highest BCUT2D eigenvalue weighted by molar-refractivity contribution is 9.10. The average molecular weight is 322 g/mol. The van der Waals surface area contributed by atoms with Crippen LogP contribution in [-0.4, -0.2) is 22.2 Å². The van der Waals surface area contributed by atoms with Gasteiger partial charge in [0.05, 0.1) is 0 Å². The van der Waals surface area contributed by atoms with E-state index in [1.165, 1.54) is 0 Å². The Balaban J connectivity index is 1.91. The summed E-state index contributed by atoms with van der Waals surface area (Å²) >= 11 is 3.42. The highest BCUT2D eigenvalue weighted by Crippen LogP contribution is 2.16. The van der Waals surface area contributed by atoms with E-state index >= 15 is 0 Å². The number of nitrogens with zero attached hydrogens (tertiary/aromatic N) is 2. The fourth-order valence-corrected chi connectivity index (χ4v) is 2.09. The summed E-state index contributed by atoms with van der Waals surface area (Å²) in [7, 11) is 1.90. The minimum Gasteiger partial charge on any atom is -0.352 e. The molecule has 0 aliphatic carbocycles. The van der Waals surface area contributed by atoms with Crippen molar-refractivity contribution in [1.82, 2.24) is 15.1 Å². The molecule has 2 aromatic rings. The second-order valence-corrected chi connectivity index (χ2v) is 5.27. The molecule has 5 heteroatoms. The summed E-state index contributed by atoms with van der Waals surface area (Å²) < 4.78 is 2.83. The molecule has 19 heavy (non-hydrogen) atoms. The molecule has 1 aromatic heterocycles. The molecular formula is C14H16BrN3O. The van der Waals surface area contributed by atoms with E-state index in [0.29, 0.717) is 12.1 Å². The Labute approximate surface area is 120 Å². The van der Waals surface area contributed by atoms with Crippen LogP contribution in [0.15, 0.2) is 34.9 Å². The Morgan fingerprint density at radius 2 is 2.21 bits per heavy atom. The predicted molar refractivity (Wildman–Crippen MR) is 78.1 cm³/mol. The number of carbonyl (C=O) groups excluding carboxylic acids is 1. The van der Waals surface area contributed by atoms with Gasteiger partial charge in [0, 0.05) is 41.9 Å².